The SMILES string of the molecule is CCOC(=O)C1(C(=O)OCC)Cc2cc(-c3ncnc4c3ncn4[C@@H]3O[C@H](CO)[C@@H](O)[C@H]3O)c([Si](C)(C)C)cc2C1. The molecule has 2 aromatic heterocycles. The van der Waals surface area contributed by atoms with Gasteiger partial charge in [-0.1, -0.05) is 30.9 Å². The Morgan fingerprint density at radius 2 is 1.66 bits per heavy atom. The average molecular weight is 585 g/mol. The molecule has 1 aliphatic heterocycles. The van der Waals surface area contributed by atoms with E-state index in [-0.39, 0.29) is 26.1 Å². The summed E-state index contributed by atoms with van der Waals surface area (Å²) in [6, 6.07) is 4.06. The zero-order chi connectivity index (χ0) is 29.7. The summed E-state index contributed by atoms with van der Waals surface area (Å²) in [4.78, 5) is 39.9. The van der Waals surface area contributed by atoms with Crippen molar-refractivity contribution in [2.45, 2.75) is 70.9 Å². The number of carbonyl (C=O) groups excluding carboxylic acids is 2. The number of aliphatic hydroxyl groups is 3. The second-order valence-electron chi connectivity index (χ2n) is 11.6. The minimum Gasteiger partial charge on any atom is -0.465 e. The van der Waals surface area contributed by atoms with E-state index in [2.05, 4.69) is 40.7 Å². The Morgan fingerprint density at radius 3 is 2.22 bits per heavy atom. The van der Waals surface area contributed by atoms with E-state index in [4.69, 9.17) is 14.2 Å². The maximum absolute atomic E-state index is 13.2. The van der Waals surface area contributed by atoms with E-state index in [0.29, 0.717) is 16.9 Å². The molecule has 1 fully saturated rings. The number of rotatable bonds is 8. The number of benzene rings is 1. The van der Waals surface area contributed by atoms with Gasteiger partial charge in [0.05, 0.1) is 34.2 Å². The van der Waals surface area contributed by atoms with Crippen molar-refractivity contribution in [1.82, 2.24) is 19.5 Å². The molecular formula is C28H36N4O8Si. The molecule has 0 spiro atoms. The van der Waals surface area contributed by atoms with Crippen molar-refractivity contribution in [3.05, 3.63) is 35.9 Å². The van der Waals surface area contributed by atoms with Crippen LogP contribution in [0.2, 0.25) is 19.6 Å². The molecule has 3 aromatic rings. The third-order valence-corrected chi connectivity index (χ3v) is 9.90. The Kier molecular flexibility index (Phi) is 7.76. The van der Waals surface area contributed by atoms with Crippen molar-refractivity contribution in [2.24, 2.45) is 5.41 Å². The van der Waals surface area contributed by atoms with Gasteiger partial charge in [0, 0.05) is 5.56 Å². The first-order valence-corrected chi connectivity index (χ1v) is 17.3. The number of nitrogens with zero attached hydrogens (tertiary/aromatic N) is 4. The number of aliphatic hydroxyl groups excluding tert-OH is 3. The number of esters is 2. The minimum atomic E-state index is -2.03. The van der Waals surface area contributed by atoms with Gasteiger partial charge < -0.3 is 29.5 Å². The fourth-order valence-electron chi connectivity index (χ4n) is 5.80. The molecule has 1 saturated heterocycles. The first kappa shape index (κ1) is 29.3. The van der Waals surface area contributed by atoms with Gasteiger partial charge in [-0.15, -0.1) is 0 Å². The molecule has 4 atom stereocenters. The predicted molar refractivity (Wildman–Crippen MR) is 150 cm³/mol. The molecule has 1 aromatic carbocycles. The molecule has 220 valence electrons. The van der Waals surface area contributed by atoms with Crippen LogP contribution in [0.3, 0.4) is 0 Å². The summed E-state index contributed by atoms with van der Waals surface area (Å²) >= 11 is 0. The molecule has 0 amide bonds. The van der Waals surface area contributed by atoms with Crippen molar-refractivity contribution in [3.8, 4) is 11.3 Å². The number of hydrogen-bond acceptors (Lipinski definition) is 11. The van der Waals surface area contributed by atoms with Gasteiger partial charge in [0.2, 0.25) is 0 Å². The molecule has 12 nitrogen and oxygen atoms in total. The molecule has 0 bridgehead atoms. The quantitative estimate of drug-likeness (QED) is 0.195. The predicted octanol–water partition coefficient (Wildman–Crippen LogP) is 0.861. The summed E-state index contributed by atoms with van der Waals surface area (Å²) < 4.78 is 17.9. The van der Waals surface area contributed by atoms with Crippen molar-refractivity contribution >= 4 is 36.4 Å². The highest BCUT2D eigenvalue weighted by molar-refractivity contribution is 6.89. The largest absolute Gasteiger partial charge is 0.465 e. The molecule has 0 unspecified atom stereocenters. The monoisotopic (exact) mass is 584 g/mol. The van der Waals surface area contributed by atoms with Crippen LogP contribution in [-0.4, -0.2) is 93.0 Å². The number of fused-ring (bicyclic) bond motifs is 2. The number of carbonyl (C=O) groups is 2. The summed E-state index contributed by atoms with van der Waals surface area (Å²) in [6.07, 6.45) is -1.29. The van der Waals surface area contributed by atoms with E-state index in [0.717, 1.165) is 21.9 Å². The zero-order valence-electron chi connectivity index (χ0n) is 23.8. The highest BCUT2D eigenvalue weighted by atomic mass is 28.3. The van der Waals surface area contributed by atoms with Crippen LogP contribution in [0.5, 0.6) is 0 Å². The lowest BCUT2D eigenvalue weighted by Gasteiger charge is -2.24. The molecule has 0 radical (unpaired) electrons. The molecule has 3 N–H and O–H groups in total. The Bertz CT molecular complexity index is 1470. The first-order chi connectivity index (χ1) is 19.5. The van der Waals surface area contributed by atoms with Crippen LogP contribution in [0, 0.1) is 5.41 Å². The maximum Gasteiger partial charge on any atom is 0.324 e. The highest BCUT2D eigenvalue weighted by Gasteiger charge is 2.53. The molecule has 13 heteroatoms. The molecule has 5 rings (SSSR count). The van der Waals surface area contributed by atoms with Crippen molar-refractivity contribution in [2.75, 3.05) is 19.8 Å². The summed E-state index contributed by atoms with van der Waals surface area (Å²) in [5, 5.41) is 31.5. The van der Waals surface area contributed by atoms with E-state index in [1.54, 1.807) is 13.8 Å². The smallest absolute Gasteiger partial charge is 0.324 e. The van der Waals surface area contributed by atoms with Gasteiger partial charge in [0.1, 0.15) is 35.8 Å². The topological polar surface area (TPSA) is 166 Å². The summed E-state index contributed by atoms with van der Waals surface area (Å²) in [5.74, 6) is -1.18. The van der Waals surface area contributed by atoms with E-state index in [1.165, 1.54) is 17.2 Å². The van der Waals surface area contributed by atoms with Crippen LogP contribution in [0.15, 0.2) is 24.8 Å². The summed E-state index contributed by atoms with van der Waals surface area (Å²) in [7, 11) is -2.03. The van der Waals surface area contributed by atoms with Crippen LogP contribution in [0.4, 0.5) is 0 Å². The van der Waals surface area contributed by atoms with Crippen LogP contribution in [0.1, 0.15) is 31.2 Å². The van der Waals surface area contributed by atoms with Gasteiger partial charge >= 0.3 is 11.9 Å². The molecule has 1 aliphatic carbocycles. The van der Waals surface area contributed by atoms with Crippen LogP contribution in [0.25, 0.3) is 22.4 Å². The molecule has 2 aliphatic rings. The number of hydrogen-bond donors (Lipinski definition) is 3. The maximum atomic E-state index is 13.2. The Labute approximate surface area is 238 Å². The van der Waals surface area contributed by atoms with Crippen molar-refractivity contribution in [1.29, 1.82) is 0 Å². The van der Waals surface area contributed by atoms with Gasteiger partial charge in [-0.05, 0) is 43.9 Å². The van der Waals surface area contributed by atoms with Gasteiger partial charge in [-0.2, -0.15) is 0 Å². The number of ether oxygens (including phenoxy) is 3. The van der Waals surface area contributed by atoms with E-state index < -0.39 is 56.6 Å². The highest BCUT2D eigenvalue weighted by Crippen LogP contribution is 2.42. The van der Waals surface area contributed by atoms with Crippen LogP contribution >= 0.6 is 0 Å². The van der Waals surface area contributed by atoms with Crippen molar-refractivity contribution < 1.29 is 39.1 Å². The van der Waals surface area contributed by atoms with E-state index in [9.17, 15) is 24.9 Å². The zero-order valence-corrected chi connectivity index (χ0v) is 24.8. The third kappa shape index (κ3) is 4.85. The minimum absolute atomic E-state index is 0.143. The summed E-state index contributed by atoms with van der Waals surface area (Å²) in [5.41, 5.74) is 2.51. The van der Waals surface area contributed by atoms with Crippen LogP contribution < -0.4 is 5.19 Å². The normalized spacial score (nSPS) is 23.5. The fourth-order valence-corrected chi connectivity index (χ4v) is 7.41. The van der Waals surface area contributed by atoms with Gasteiger partial charge in [0.25, 0.3) is 0 Å². The molecule has 0 saturated carbocycles. The van der Waals surface area contributed by atoms with Gasteiger partial charge in [-0.3, -0.25) is 14.2 Å². The first-order valence-electron chi connectivity index (χ1n) is 13.8. The molecule has 41 heavy (non-hydrogen) atoms. The second kappa shape index (κ2) is 10.9. The lowest BCUT2D eigenvalue weighted by atomic mass is 9.84. The fraction of sp³-hybridized carbons (Fsp3) is 0.536. The van der Waals surface area contributed by atoms with Crippen molar-refractivity contribution in [3.63, 3.8) is 0 Å². The Hall–Kier alpha value is -3.23. The van der Waals surface area contributed by atoms with Crippen LogP contribution in [-0.2, 0) is 36.6 Å². The lowest BCUT2D eigenvalue weighted by molar-refractivity contribution is -0.171. The number of aromatic nitrogens is 4. The third-order valence-electron chi connectivity index (χ3n) is 7.87. The Balaban J connectivity index is 1.63. The summed E-state index contributed by atoms with van der Waals surface area (Å²) in [6.45, 7) is 9.88. The van der Waals surface area contributed by atoms with Gasteiger partial charge in [-0.25, -0.2) is 15.0 Å². The molecular weight excluding hydrogens is 548 g/mol. The molecule has 3 heterocycles. The van der Waals surface area contributed by atoms with E-state index in [1.807, 2.05) is 6.07 Å². The number of imidazole rings is 1. The average Bonchev–Trinajstić information content (AvgIpc) is 3.61. The Morgan fingerprint density at radius 1 is 1.02 bits per heavy atom. The second-order valence-corrected chi connectivity index (χ2v) is 16.6. The van der Waals surface area contributed by atoms with E-state index >= 15 is 0 Å². The lowest BCUT2D eigenvalue weighted by Crippen LogP contribution is -2.43. The van der Waals surface area contributed by atoms with Gasteiger partial charge in [0.15, 0.2) is 17.3 Å². The standard InChI is InChI=1S/C28H36N4O8Si/c1-6-38-26(36)28(27(37)39-7-2)10-15-8-17(19(41(3,4)5)9-16(15)11-28)20-21-24(30-13-29-20)32(14-31-21)25-23(35)22(34)18(12-33)40-25/h8-9,13-14,18,22-23,25,33-35H,6-7,10-12H2,1-5H3/t18-,22-,23-,25-/m1/s1.